The molecule has 5 aliphatic heterocycles. The Morgan fingerprint density at radius 3 is 2.44 bits per heavy atom. The molecule has 10 rings (SSSR count). The average molecular weight is 1060 g/mol. The lowest BCUT2D eigenvalue weighted by Gasteiger charge is -2.37. The molecule has 77 heavy (non-hydrogen) atoms. The fourth-order valence-corrected chi connectivity index (χ4v) is 12.4. The number of ether oxygens (including phenoxy) is 3. The van der Waals surface area contributed by atoms with E-state index in [0.717, 1.165) is 57.4 Å². The minimum absolute atomic E-state index is 0.0257. The molecular weight excluding hydrogens is 977 g/mol. The molecule has 5 fully saturated rings. The van der Waals surface area contributed by atoms with Crippen molar-refractivity contribution in [3.05, 3.63) is 71.5 Å². The van der Waals surface area contributed by atoms with Crippen molar-refractivity contribution >= 4 is 46.5 Å². The van der Waals surface area contributed by atoms with Crippen molar-refractivity contribution in [3.8, 4) is 28.1 Å². The first-order valence-electron chi connectivity index (χ1n) is 28.0. The number of benzene rings is 2. The number of pyridine rings is 1. The van der Waals surface area contributed by atoms with Crippen molar-refractivity contribution in [3.63, 3.8) is 0 Å². The Balaban J connectivity index is 1.04. The predicted molar refractivity (Wildman–Crippen MR) is 291 cm³/mol. The Morgan fingerprint density at radius 2 is 1.73 bits per heavy atom. The second kappa shape index (κ2) is 20.9. The van der Waals surface area contributed by atoms with Crippen LogP contribution in [-0.2, 0) is 57.6 Å². The quantitative estimate of drug-likeness (QED) is 0.0796. The van der Waals surface area contributed by atoms with Gasteiger partial charge in [-0.3, -0.25) is 44.1 Å². The zero-order valence-corrected chi connectivity index (χ0v) is 46.6. The highest BCUT2D eigenvalue weighted by Gasteiger charge is 2.58. The number of hydrazine groups is 1. The number of likely N-dealkylation sites (tertiary alicyclic amines) is 2. The van der Waals surface area contributed by atoms with Crippen LogP contribution in [0.4, 0.5) is 0 Å². The fourth-order valence-electron chi connectivity index (χ4n) is 12.4. The number of nitrogens with one attached hydrogen (secondary N) is 3. The monoisotopic (exact) mass is 1050 g/mol. The number of cyclic esters (lactones) is 1. The number of carbonyl (C=O) groups is 6. The summed E-state index contributed by atoms with van der Waals surface area (Å²) in [6, 6.07) is 13.0. The molecule has 1 spiro atoms. The molecule has 4 saturated heterocycles. The summed E-state index contributed by atoms with van der Waals surface area (Å²) in [5, 5.41) is 8.90. The van der Waals surface area contributed by atoms with Crippen LogP contribution in [0, 0.1) is 28.1 Å². The van der Waals surface area contributed by atoms with Crippen LogP contribution in [0.25, 0.3) is 33.3 Å². The lowest BCUT2D eigenvalue weighted by Crippen LogP contribution is -2.62. The van der Waals surface area contributed by atoms with Crippen molar-refractivity contribution in [2.75, 3.05) is 39.9 Å². The standard InChI is InChI=1S/C60H78N8O9/c1-11-66-46-19-18-38-30-42(46)43(51(66)41-14-12-22-61-47(41)35(4)75-10)31-59(8,9)33-76-55(72)44-15-13-23-68(64-44)53(70)45(28-36-26-39(38)29-40(27-36)77-57(74)58(5,6)7)62-52(69)50(34(2)3)67-25-21-60(56(67)73)20-24-65(32-60)54(71)49-48(63-49)37-16-17-37/h12,14,18-19,22,26-27,29-30,34-35,37,44-45,48-50,63-64H,11,13,15-17,20-21,23-25,28,31-33H2,1-10H3,(H,62,69)/t35-,44-,45-,48?,49+,50?,60-/m0/s1. The molecule has 1 aliphatic carbocycles. The van der Waals surface area contributed by atoms with Gasteiger partial charge in [0, 0.05) is 80.4 Å². The van der Waals surface area contributed by atoms with Gasteiger partial charge in [0.05, 0.1) is 34.9 Å². The van der Waals surface area contributed by atoms with Gasteiger partial charge in [-0.25, -0.2) is 5.43 Å². The summed E-state index contributed by atoms with van der Waals surface area (Å²) in [6.45, 7) is 19.6. The Kier molecular flexibility index (Phi) is 14.7. The normalized spacial score (nSPS) is 25.5. The third kappa shape index (κ3) is 10.8. The summed E-state index contributed by atoms with van der Waals surface area (Å²) in [6.07, 6.45) is 6.23. The van der Waals surface area contributed by atoms with Crippen molar-refractivity contribution in [1.29, 1.82) is 0 Å². The minimum Gasteiger partial charge on any atom is -0.464 e. The van der Waals surface area contributed by atoms with Crippen molar-refractivity contribution in [2.45, 2.75) is 157 Å². The SMILES string of the molecule is CCn1c(-c2cccnc2[C@H](C)OC)c2c3cc(ccc31)-c1cc(cc(OC(=O)C(C)(C)C)c1)C[C@H](NC(=O)C(C(C)C)N1CC[C@]3(CCN(C(=O)[C@@H]4NC4C4CC4)C3)C1=O)C(=O)N1CCC[C@H](N1)C(=O)OCC(C)(C)C2. The number of amides is 4. The molecule has 2 aromatic heterocycles. The van der Waals surface area contributed by atoms with Gasteiger partial charge < -0.3 is 33.9 Å². The van der Waals surface area contributed by atoms with Crippen molar-refractivity contribution in [2.24, 2.45) is 28.1 Å². The van der Waals surface area contributed by atoms with E-state index in [1.165, 1.54) is 5.01 Å². The van der Waals surface area contributed by atoms with Gasteiger partial charge in [-0.2, -0.15) is 0 Å². The maximum absolute atomic E-state index is 15.2. The van der Waals surface area contributed by atoms with Crippen LogP contribution in [0.1, 0.15) is 124 Å². The van der Waals surface area contributed by atoms with Gasteiger partial charge in [0.15, 0.2) is 0 Å². The van der Waals surface area contributed by atoms with E-state index in [4.69, 9.17) is 19.2 Å². The first-order valence-corrected chi connectivity index (χ1v) is 28.0. The van der Waals surface area contributed by atoms with Gasteiger partial charge in [-0.05, 0) is 150 Å². The number of hydrogen-bond acceptors (Lipinski definition) is 12. The van der Waals surface area contributed by atoms with Gasteiger partial charge in [0.25, 0.3) is 5.91 Å². The van der Waals surface area contributed by atoms with Crippen molar-refractivity contribution < 1.29 is 43.0 Å². The van der Waals surface area contributed by atoms with Crippen LogP contribution in [0.2, 0.25) is 0 Å². The smallest absolute Gasteiger partial charge is 0.324 e. The van der Waals surface area contributed by atoms with Crippen LogP contribution in [0.15, 0.2) is 54.7 Å². The number of rotatable bonds is 11. The molecule has 7 heterocycles. The third-order valence-corrected chi connectivity index (χ3v) is 17.0. The largest absolute Gasteiger partial charge is 0.464 e. The molecule has 6 bridgehead atoms. The van der Waals surface area contributed by atoms with Gasteiger partial charge in [0.2, 0.25) is 17.7 Å². The zero-order chi connectivity index (χ0) is 54.9. The first kappa shape index (κ1) is 54.2. The average Bonchev–Trinajstić information content (AvgIpc) is 4.38. The van der Waals surface area contributed by atoms with E-state index in [0.29, 0.717) is 69.8 Å². The van der Waals surface area contributed by atoms with E-state index in [-0.39, 0.29) is 61.2 Å². The lowest BCUT2D eigenvalue weighted by atomic mass is 9.84. The molecule has 4 aromatic rings. The highest BCUT2D eigenvalue weighted by atomic mass is 16.5. The number of fused-ring (bicyclic) bond motifs is 6. The fraction of sp³-hybridized carbons (Fsp3) is 0.583. The summed E-state index contributed by atoms with van der Waals surface area (Å²) in [7, 11) is 1.68. The number of esters is 2. The Bertz CT molecular complexity index is 2990. The van der Waals surface area contributed by atoms with Crippen LogP contribution < -0.4 is 20.8 Å². The maximum Gasteiger partial charge on any atom is 0.324 e. The number of aryl methyl sites for hydroxylation is 1. The van der Waals surface area contributed by atoms with E-state index in [9.17, 15) is 19.2 Å². The summed E-state index contributed by atoms with van der Waals surface area (Å²) in [5.74, 6) is -1.46. The second-order valence-electron chi connectivity index (χ2n) is 24.9. The lowest BCUT2D eigenvalue weighted by molar-refractivity contribution is -0.155. The molecular formula is C60H78N8O9. The molecule has 1 saturated carbocycles. The number of hydrogen-bond donors (Lipinski definition) is 3. The molecule has 17 heteroatoms. The molecule has 0 radical (unpaired) electrons. The third-order valence-electron chi connectivity index (χ3n) is 17.0. The summed E-state index contributed by atoms with van der Waals surface area (Å²) >= 11 is 0. The topological polar surface area (TPSA) is 204 Å². The molecule has 3 N–H and O–H groups in total. The molecule has 4 amide bonds. The minimum atomic E-state index is -1.19. The molecule has 17 nitrogen and oxygen atoms in total. The van der Waals surface area contributed by atoms with Crippen molar-refractivity contribution in [1.82, 2.24) is 40.4 Å². The molecule has 2 aromatic carbocycles. The highest BCUT2D eigenvalue weighted by Crippen LogP contribution is 2.46. The highest BCUT2D eigenvalue weighted by molar-refractivity contribution is 5.97. The Morgan fingerprint density at radius 1 is 0.961 bits per heavy atom. The summed E-state index contributed by atoms with van der Waals surface area (Å²) in [5.41, 5.74) is 7.93. The first-order chi connectivity index (χ1) is 36.6. The molecule has 2 unspecified atom stereocenters. The Hall–Kier alpha value is -6.17. The number of carbonyl (C=O) groups excluding carboxylic acids is 6. The molecule has 412 valence electrons. The second-order valence-corrected chi connectivity index (χ2v) is 24.9. The number of aromatic nitrogens is 2. The molecule has 6 aliphatic rings. The zero-order valence-electron chi connectivity index (χ0n) is 46.6. The summed E-state index contributed by atoms with van der Waals surface area (Å²) < 4.78 is 20.5. The van der Waals surface area contributed by atoms with Gasteiger partial charge >= 0.3 is 11.9 Å². The van der Waals surface area contributed by atoms with Crippen LogP contribution in [0.3, 0.4) is 0 Å². The Labute approximate surface area is 452 Å². The van der Waals surface area contributed by atoms with Gasteiger partial charge in [-0.1, -0.05) is 39.8 Å². The van der Waals surface area contributed by atoms with E-state index in [1.54, 1.807) is 45.0 Å². The number of nitrogens with zero attached hydrogens (tertiary/aromatic N) is 5. The van der Waals surface area contributed by atoms with E-state index in [2.05, 4.69) is 59.6 Å². The van der Waals surface area contributed by atoms with Crippen LogP contribution in [0.5, 0.6) is 5.75 Å². The van der Waals surface area contributed by atoms with E-state index < -0.39 is 58.1 Å². The van der Waals surface area contributed by atoms with E-state index >= 15 is 9.59 Å². The predicted octanol–water partition coefficient (Wildman–Crippen LogP) is 6.92. The van der Waals surface area contributed by atoms with Gasteiger partial charge in [-0.15, -0.1) is 0 Å². The molecule has 7 atom stereocenters. The maximum atomic E-state index is 15.2. The van der Waals surface area contributed by atoms with Crippen LogP contribution in [-0.4, -0.2) is 130 Å². The van der Waals surface area contributed by atoms with E-state index in [1.807, 2.05) is 49.9 Å². The summed E-state index contributed by atoms with van der Waals surface area (Å²) in [4.78, 5) is 94.7. The van der Waals surface area contributed by atoms with Gasteiger partial charge in [0.1, 0.15) is 29.9 Å². The number of methoxy groups -OCH3 is 1. The van der Waals surface area contributed by atoms with Crippen LogP contribution >= 0.6 is 0 Å².